The molecule has 0 saturated carbocycles. The van der Waals surface area contributed by atoms with Gasteiger partial charge in [0.1, 0.15) is 0 Å². The van der Waals surface area contributed by atoms with Crippen LogP contribution in [0.1, 0.15) is 11.1 Å². The highest BCUT2D eigenvalue weighted by molar-refractivity contribution is 8.18. The van der Waals surface area contributed by atoms with E-state index in [1.807, 2.05) is 30.3 Å². The van der Waals surface area contributed by atoms with Crippen LogP contribution in [0.4, 0.5) is 4.79 Å². The van der Waals surface area contributed by atoms with Gasteiger partial charge in [0.05, 0.1) is 4.91 Å². The Bertz CT molecular complexity index is 1380. The number of aromatic nitrogens is 1. The zero-order valence-corrected chi connectivity index (χ0v) is 17.6. The molecule has 1 fully saturated rings. The molecule has 4 nitrogen and oxygen atoms in total. The standard InChI is InChI=1S/C26H20N2O2S/c1-2-13-28-25(29)24(31-26(28)30)15-21-17-27(23-10-6-5-9-22(21)23)16-18-11-12-19-7-3-4-8-20(19)14-18/h2-12,14-15,17H,1,13,16H2/b24-15+. The number of fused-ring (bicyclic) bond motifs is 2. The fraction of sp³-hybridized carbons (Fsp3) is 0.0769. The topological polar surface area (TPSA) is 42.3 Å². The van der Waals surface area contributed by atoms with Gasteiger partial charge >= 0.3 is 0 Å². The largest absolute Gasteiger partial charge is 0.342 e. The Kier molecular flexibility index (Phi) is 4.96. The van der Waals surface area contributed by atoms with Gasteiger partial charge in [0.2, 0.25) is 0 Å². The average Bonchev–Trinajstić information content (AvgIpc) is 3.26. The van der Waals surface area contributed by atoms with E-state index in [1.165, 1.54) is 21.2 Å². The number of benzene rings is 3. The van der Waals surface area contributed by atoms with Crippen molar-refractivity contribution in [1.29, 1.82) is 0 Å². The van der Waals surface area contributed by atoms with Gasteiger partial charge in [0.15, 0.2) is 0 Å². The van der Waals surface area contributed by atoms with Gasteiger partial charge in [-0.3, -0.25) is 14.5 Å². The first-order valence-electron chi connectivity index (χ1n) is 10.1. The summed E-state index contributed by atoms with van der Waals surface area (Å²) in [6.45, 7) is 4.57. The van der Waals surface area contributed by atoms with E-state index in [2.05, 4.69) is 59.8 Å². The van der Waals surface area contributed by atoms with Crippen LogP contribution in [-0.2, 0) is 11.3 Å². The number of hydrogen-bond acceptors (Lipinski definition) is 3. The highest BCUT2D eigenvalue weighted by Gasteiger charge is 2.34. The van der Waals surface area contributed by atoms with Crippen molar-refractivity contribution in [2.24, 2.45) is 0 Å². The minimum absolute atomic E-state index is 0.228. The summed E-state index contributed by atoms with van der Waals surface area (Å²) in [5.41, 5.74) is 3.23. The molecule has 31 heavy (non-hydrogen) atoms. The molecule has 0 unspecified atom stereocenters. The first-order chi connectivity index (χ1) is 15.1. The average molecular weight is 425 g/mol. The van der Waals surface area contributed by atoms with Crippen molar-refractivity contribution in [1.82, 2.24) is 9.47 Å². The Morgan fingerprint density at radius 1 is 0.935 bits per heavy atom. The van der Waals surface area contributed by atoms with Crippen molar-refractivity contribution in [2.75, 3.05) is 6.54 Å². The second kappa shape index (κ2) is 7.93. The van der Waals surface area contributed by atoms with Crippen molar-refractivity contribution in [3.63, 3.8) is 0 Å². The third kappa shape index (κ3) is 3.57. The maximum atomic E-state index is 12.6. The molecule has 5 rings (SSSR count). The number of thioether (sulfide) groups is 1. The van der Waals surface area contributed by atoms with Gasteiger partial charge in [-0.2, -0.15) is 0 Å². The maximum absolute atomic E-state index is 12.6. The lowest BCUT2D eigenvalue weighted by atomic mass is 10.1. The summed E-state index contributed by atoms with van der Waals surface area (Å²) in [6.07, 6.45) is 5.45. The summed E-state index contributed by atoms with van der Waals surface area (Å²) in [5, 5.41) is 3.24. The molecule has 0 spiro atoms. The van der Waals surface area contributed by atoms with Crippen LogP contribution in [0.2, 0.25) is 0 Å². The second-order valence-corrected chi connectivity index (χ2v) is 8.49. The summed E-state index contributed by atoms with van der Waals surface area (Å²) < 4.78 is 2.19. The minimum Gasteiger partial charge on any atom is -0.342 e. The van der Waals surface area contributed by atoms with Gasteiger partial charge in [0.25, 0.3) is 11.1 Å². The van der Waals surface area contributed by atoms with Crippen molar-refractivity contribution in [2.45, 2.75) is 6.54 Å². The molecule has 152 valence electrons. The molecule has 1 aliphatic heterocycles. The molecule has 2 heterocycles. The fourth-order valence-electron chi connectivity index (χ4n) is 3.98. The van der Waals surface area contributed by atoms with E-state index in [1.54, 1.807) is 6.08 Å². The SMILES string of the molecule is C=CCN1C(=O)S/C(=C/c2cn(Cc3ccc4ccccc4c3)c3ccccc23)C1=O. The molecule has 4 aromatic rings. The number of carbonyl (C=O) groups is 2. The molecule has 0 N–H and O–H groups in total. The Hall–Kier alpha value is -3.57. The number of carbonyl (C=O) groups excluding carboxylic acids is 2. The molecule has 2 amide bonds. The Morgan fingerprint density at radius 2 is 1.71 bits per heavy atom. The van der Waals surface area contributed by atoms with Crippen molar-refractivity contribution in [3.8, 4) is 0 Å². The van der Waals surface area contributed by atoms with Gasteiger partial charge in [-0.15, -0.1) is 6.58 Å². The molecule has 0 aliphatic carbocycles. The van der Waals surface area contributed by atoms with Crippen LogP contribution in [0, 0.1) is 0 Å². The zero-order valence-electron chi connectivity index (χ0n) is 16.8. The van der Waals surface area contributed by atoms with E-state index < -0.39 is 0 Å². The number of amides is 2. The van der Waals surface area contributed by atoms with Gasteiger partial charge in [-0.25, -0.2) is 0 Å². The zero-order chi connectivity index (χ0) is 21.4. The third-order valence-electron chi connectivity index (χ3n) is 5.46. The van der Waals surface area contributed by atoms with Crippen LogP contribution in [0.25, 0.3) is 27.8 Å². The summed E-state index contributed by atoms with van der Waals surface area (Å²) in [6, 6.07) is 23.0. The van der Waals surface area contributed by atoms with Crippen molar-refractivity contribution in [3.05, 3.63) is 102 Å². The monoisotopic (exact) mass is 424 g/mol. The summed E-state index contributed by atoms with van der Waals surface area (Å²) in [4.78, 5) is 26.5. The van der Waals surface area contributed by atoms with E-state index in [0.717, 1.165) is 34.8 Å². The number of hydrogen-bond donors (Lipinski definition) is 0. The lowest BCUT2D eigenvalue weighted by Crippen LogP contribution is -2.27. The maximum Gasteiger partial charge on any atom is 0.293 e. The van der Waals surface area contributed by atoms with Crippen molar-refractivity contribution < 1.29 is 9.59 Å². The number of para-hydroxylation sites is 1. The first kappa shape index (κ1) is 19.4. The third-order valence-corrected chi connectivity index (χ3v) is 6.37. The predicted molar refractivity (Wildman–Crippen MR) is 128 cm³/mol. The molecular weight excluding hydrogens is 404 g/mol. The Balaban J connectivity index is 1.53. The highest BCUT2D eigenvalue weighted by atomic mass is 32.2. The lowest BCUT2D eigenvalue weighted by Gasteiger charge is -2.07. The van der Waals surface area contributed by atoms with Gasteiger partial charge < -0.3 is 4.57 Å². The molecular formula is C26H20N2O2S. The normalized spacial score (nSPS) is 15.5. The van der Waals surface area contributed by atoms with Gasteiger partial charge in [0, 0.05) is 35.8 Å². The molecule has 1 aromatic heterocycles. The van der Waals surface area contributed by atoms with Crippen molar-refractivity contribution >= 4 is 50.7 Å². The molecule has 5 heteroatoms. The van der Waals surface area contributed by atoms with Gasteiger partial charge in [-0.1, -0.05) is 60.7 Å². The van der Waals surface area contributed by atoms with Crippen LogP contribution in [0.5, 0.6) is 0 Å². The van der Waals surface area contributed by atoms with E-state index in [4.69, 9.17) is 0 Å². The van der Waals surface area contributed by atoms with Crippen LogP contribution in [0.15, 0.2) is 90.5 Å². The summed E-state index contributed by atoms with van der Waals surface area (Å²) in [7, 11) is 0. The second-order valence-electron chi connectivity index (χ2n) is 7.49. The van der Waals surface area contributed by atoms with E-state index in [-0.39, 0.29) is 17.7 Å². The fourth-order valence-corrected chi connectivity index (χ4v) is 4.82. The van der Waals surface area contributed by atoms with Crippen LogP contribution in [0.3, 0.4) is 0 Å². The summed E-state index contributed by atoms with van der Waals surface area (Å²) in [5.74, 6) is -0.263. The molecule has 1 saturated heterocycles. The highest BCUT2D eigenvalue weighted by Crippen LogP contribution is 2.34. The quantitative estimate of drug-likeness (QED) is 0.289. The molecule has 0 radical (unpaired) electrons. The molecule has 0 atom stereocenters. The van der Waals surface area contributed by atoms with E-state index >= 15 is 0 Å². The Labute approximate surface area is 184 Å². The Morgan fingerprint density at radius 3 is 2.55 bits per heavy atom. The van der Waals surface area contributed by atoms with Crippen LogP contribution < -0.4 is 0 Å². The predicted octanol–water partition coefficient (Wildman–Crippen LogP) is 6.07. The number of imide groups is 1. The molecule has 1 aliphatic rings. The first-order valence-corrected chi connectivity index (χ1v) is 10.9. The molecule has 3 aromatic carbocycles. The number of nitrogens with zero attached hydrogens (tertiary/aromatic N) is 2. The van der Waals surface area contributed by atoms with E-state index in [0.29, 0.717) is 4.91 Å². The summed E-state index contributed by atoms with van der Waals surface area (Å²) >= 11 is 0.981. The smallest absolute Gasteiger partial charge is 0.293 e. The number of rotatable bonds is 5. The minimum atomic E-state index is -0.263. The van der Waals surface area contributed by atoms with E-state index in [9.17, 15) is 9.59 Å². The van der Waals surface area contributed by atoms with Crippen LogP contribution >= 0.6 is 11.8 Å². The molecule has 0 bridgehead atoms. The lowest BCUT2D eigenvalue weighted by molar-refractivity contribution is -0.122. The van der Waals surface area contributed by atoms with Gasteiger partial charge in [-0.05, 0) is 46.3 Å². The van der Waals surface area contributed by atoms with Crippen LogP contribution in [-0.4, -0.2) is 27.2 Å².